The van der Waals surface area contributed by atoms with Crippen molar-refractivity contribution in [1.82, 2.24) is 10.6 Å². The van der Waals surface area contributed by atoms with E-state index >= 15 is 0 Å². The summed E-state index contributed by atoms with van der Waals surface area (Å²) in [5, 5.41) is 9.87. The molecule has 0 aliphatic heterocycles. The van der Waals surface area contributed by atoms with Gasteiger partial charge in [-0.15, -0.1) is 0 Å². The molecule has 5 nitrogen and oxygen atoms in total. The lowest BCUT2D eigenvalue weighted by atomic mass is 10.1. The van der Waals surface area contributed by atoms with Crippen LogP contribution in [0.2, 0.25) is 0 Å². The number of carbonyl (C=O) groups is 2. The summed E-state index contributed by atoms with van der Waals surface area (Å²) in [5.41, 5.74) is 1.46. The van der Waals surface area contributed by atoms with Gasteiger partial charge in [-0.05, 0) is 29.1 Å². The van der Waals surface area contributed by atoms with E-state index in [1.165, 1.54) is 12.1 Å². The fourth-order valence-corrected chi connectivity index (χ4v) is 2.54. The molecule has 0 bridgehead atoms. The topological polar surface area (TPSA) is 70.2 Å². The largest absolute Gasteiger partial charge is 0.334 e. The summed E-state index contributed by atoms with van der Waals surface area (Å²) in [6, 6.07) is 18.7. The van der Waals surface area contributed by atoms with Crippen molar-refractivity contribution in [3.8, 4) is 0 Å². The number of anilines is 1. The molecule has 0 radical (unpaired) electrons. The highest BCUT2D eigenvalue weighted by atomic mass is 19.1. The number of urea groups is 1. The minimum atomic E-state index is -0.470. The van der Waals surface area contributed by atoms with Gasteiger partial charge in [0.05, 0.1) is 6.54 Å². The van der Waals surface area contributed by atoms with E-state index in [9.17, 15) is 14.0 Å². The Kier molecular flexibility index (Phi) is 5.43. The molecule has 0 unspecified atom stereocenters. The highest BCUT2D eigenvalue weighted by Gasteiger charge is 2.07. The van der Waals surface area contributed by atoms with E-state index in [4.69, 9.17) is 0 Å². The second-order valence-corrected chi connectivity index (χ2v) is 5.74. The number of hydrogen-bond acceptors (Lipinski definition) is 2. The van der Waals surface area contributed by atoms with Crippen molar-refractivity contribution in [3.63, 3.8) is 0 Å². The van der Waals surface area contributed by atoms with Crippen molar-refractivity contribution in [2.75, 3.05) is 11.9 Å². The summed E-state index contributed by atoms with van der Waals surface area (Å²) in [6.07, 6.45) is 0. The Morgan fingerprint density at radius 2 is 1.58 bits per heavy atom. The summed E-state index contributed by atoms with van der Waals surface area (Å²) in [6.45, 7) is 0.0928. The van der Waals surface area contributed by atoms with Crippen LogP contribution < -0.4 is 16.0 Å². The fraction of sp³-hybridized carbons (Fsp3) is 0.100. The molecule has 0 heterocycles. The van der Waals surface area contributed by atoms with Gasteiger partial charge in [0.25, 0.3) is 0 Å². The highest BCUT2D eigenvalue weighted by molar-refractivity contribution is 6.03. The van der Waals surface area contributed by atoms with E-state index in [2.05, 4.69) is 16.0 Å². The zero-order chi connectivity index (χ0) is 18.4. The van der Waals surface area contributed by atoms with Crippen LogP contribution in [0.25, 0.3) is 10.8 Å². The normalized spacial score (nSPS) is 10.3. The van der Waals surface area contributed by atoms with E-state index < -0.39 is 6.03 Å². The minimum Gasteiger partial charge on any atom is -0.334 e. The van der Waals surface area contributed by atoms with Crippen LogP contribution >= 0.6 is 0 Å². The molecule has 0 saturated carbocycles. The zero-order valence-corrected chi connectivity index (χ0v) is 14.0. The van der Waals surface area contributed by atoms with Crippen LogP contribution in [0.1, 0.15) is 5.56 Å². The van der Waals surface area contributed by atoms with Gasteiger partial charge in [0, 0.05) is 17.6 Å². The SMILES string of the molecule is O=C(CNC(=O)NCc1ccc(F)cc1)Nc1cccc2ccccc12. The van der Waals surface area contributed by atoms with Gasteiger partial charge in [-0.1, -0.05) is 48.5 Å². The van der Waals surface area contributed by atoms with Crippen LogP contribution in [-0.4, -0.2) is 18.5 Å². The van der Waals surface area contributed by atoms with Gasteiger partial charge >= 0.3 is 6.03 Å². The monoisotopic (exact) mass is 351 g/mol. The Balaban J connectivity index is 1.49. The predicted octanol–water partition coefficient (Wildman–Crippen LogP) is 3.42. The van der Waals surface area contributed by atoms with Crippen molar-refractivity contribution in [2.24, 2.45) is 0 Å². The standard InChI is InChI=1S/C20H18FN3O2/c21-16-10-8-14(9-11-16)12-22-20(26)23-13-19(25)24-18-7-3-5-15-4-1-2-6-17(15)18/h1-11H,12-13H2,(H,24,25)(H2,22,23,26). The molecule has 0 aliphatic rings. The number of amides is 3. The minimum absolute atomic E-state index is 0.154. The molecule has 0 fully saturated rings. The molecule has 3 aromatic carbocycles. The number of fused-ring (bicyclic) bond motifs is 1. The second kappa shape index (κ2) is 8.11. The summed E-state index contributed by atoms with van der Waals surface area (Å²) in [4.78, 5) is 23.9. The molecule has 3 amide bonds. The van der Waals surface area contributed by atoms with Crippen LogP contribution in [-0.2, 0) is 11.3 Å². The third kappa shape index (κ3) is 4.57. The molecule has 0 saturated heterocycles. The Morgan fingerprint density at radius 3 is 2.38 bits per heavy atom. The average molecular weight is 351 g/mol. The smallest absolute Gasteiger partial charge is 0.315 e. The van der Waals surface area contributed by atoms with Crippen LogP contribution in [0.15, 0.2) is 66.7 Å². The molecular weight excluding hydrogens is 333 g/mol. The van der Waals surface area contributed by atoms with E-state index in [0.717, 1.165) is 16.3 Å². The van der Waals surface area contributed by atoms with Gasteiger partial charge in [0.15, 0.2) is 0 Å². The Labute approximate surface area is 150 Å². The summed E-state index contributed by atoms with van der Waals surface area (Å²) in [5.74, 6) is -0.651. The number of carbonyl (C=O) groups excluding carboxylic acids is 2. The van der Waals surface area contributed by atoms with Crippen molar-refractivity contribution in [1.29, 1.82) is 0 Å². The Morgan fingerprint density at radius 1 is 0.846 bits per heavy atom. The number of rotatable bonds is 5. The van der Waals surface area contributed by atoms with Crippen LogP contribution in [0.5, 0.6) is 0 Å². The third-order valence-electron chi connectivity index (χ3n) is 3.84. The summed E-state index contributed by atoms with van der Waals surface area (Å²) >= 11 is 0. The highest BCUT2D eigenvalue weighted by Crippen LogP contribution is 2.22. The molecular formula is C20H18FN3O2. The molecule has 0 spiro atoms. The van der Waals surface area contributed by atoms with Crippen molar-refractivity contribution >= 4 is 28.4 Å². The first-order valence-electron chi connectivity index (χ1n) is 8.15. The van der Waals surface area contributed by atoms with Crippen LogP contribution in [0.4, 0.5) is 14.9 Å². The Bertz CT molecular complexity index is 920. The Hall–Kier alpha value is -3.41. The zero-order valence-electron chi connectivity index (χ0n) is 14.0. The van der Waals surface area contributed by atoms with Gasteiger partial charge in [-0.25, -0.2) is 9.18 Å². The summed E-state index contributed by atoms with van der Waals surface area (Å²) < 4.78 is 12.8. The molecule has 3 rings (SSSR count). The first-order chi connectivity index (χ1) is 12.6. The number of halogens is 1. The maximum atomic E-state index is 12.8. The predicted molar refractivity (Wildman–Crippen MR) is 99.2 cm³/mol. The number of nitrogens with one attached hydrogen (secondary N) is 3. The quantitative estimate of drug-likeness (QED) is 0.659. The summed E-state index contributed by atoms with van der Waals surface area (Å²) in [7, 11) is 0. The molecule has 26 heavy (non-hydrogen) atoms. The lowest BCUT2D eigenvalue weighted by Crippen LogP contribution is -2.39. The van der Waals surface area contributed by atoms with E-state index in [1.807, 2.05) is 42.5 Å². The molecule has 3 aromatic rings. The molecule has 0 aliphatic carbocycles. The van der Waals surface area contributed by atoms with Crippen molar-refractivity contribution in [3.05, 3.63) is 78.1 Å². The fourth-order valence-electron chi connectivity index (χ4n) is 2.54. The van der Waals surface area contributed by atoms with Gasteiger partial charge < -0.3 is 16.0 Å². The molecule has 132 valence electrons. The maximum Gasteiger partial charge on any atom is 0.315 e. The van der Waals surface area contributed by atoms with Gasteiger partial charge in [-0.2, -0.15) is 0 Å². The third-order valence-corrected chi connectivity index (χ3v) is 3.84. The van der Waals surface area contributed by atoms with E-state index in [1.54, 1.807) is 12.1 Å². The first kappa shape index (κ1) is 17.4. The van der Waals surface area contributed by atoms with Crippen molar-refractivity contribution < 1.29 is 14.0 Å². The molecule has 6 heteroatoms. The molecule has 3 N–H and O–H groups in total. The lowest BCUT2D eigenvalue weighted by molar-refractivity contribution is -0.115. The van der Waals surface area contributed by atoms with Crippen LogP contribution in [0, 0.1) is 5.82 Å². The van der Waals surface area contributed by atoms with E-state index in [-0.39, 0.29) is 24.8 Å². The van der Waals surface area contributed by atoms with Gasteiger partial charge in [0.2, 0.25) is 5.91 Å². The van der Waals surface area contributed by atoms with Crippen molar-refractivity contribution in [2.45, 2.75) is 6.54 Å². The molecule has 0 atom stereocenters. The average Bonchev–Trinajstić information content (AvgIpc) is 2.66. The molecule has 0 aromatic heterocycles. The van der Waals surface area contributed by atoms with Gasteiger partial charge in [0.1, 0.15) is 5.82 Å². The number of hydrogen-bond donors (Lipinski definition) is 3. The van der Waals surface area contributed by atoms with E-state index in [0.29, 0.717) is 5.69 Å². The van der Waals surface area contributed by atoms with Gasteiger partial charge in [-0.3, -0.25) is 4.79 Å². The first-order valence-corrected chi connectivity index (χ1v) is 8.15. The lowest BCUT2D eigenvalue weighted by Gasteiger charge is -2.10. The maximum absolute atomic E-state index is 12.8. The number of benzene rings is 3. The van der Waals surface area contributed by atoms with Crippen LogP contribution in [0.3, 0.4) is 0 Å². The second-order valence-electron chi connectivity index (χ2n) is 5.74.